The minimum Gasteiger partial charge on any atom is -0.316 e. The largest absolute Gasteiger partial charge is 0.316 e. The predicted molar refractivity (Wildman–Crippen MR) is 90.9 cm³/mol. The van der Waals surface area contributed by atoms with E-state index in [1.54, 1.807) is 10.5 Å². The quantitative estimate of drug-likeness (QED) is 0.847. The van der Waals surface area contributed by atoms with Gasteiger partial charge in [-0.1, -0.05) is 31.5 Å². The maximum atomic E-state index is 3.71. The monoisotopic (exact) mass is 301 g/mol. The third-order valence-electron chi connectivity index (χ3n) is 6.28. The second kappa shape index (κ2) is 5.62. The molecule has 0 aromatic heterocycles. The second-order valence-corrected chi connectivity index (χ2v) is 8.53. The number of benzene rings is 1. The Morgan fingerprint density at radius 3 is 2.95 bits per heavy atom. The SMILES string of the molecule is CCNCC1(CC2CSc3ccccc32)CC2CCC1C2. The number of fused-ring (bicyclic) bond motifs is 3. The molecule has 0 amide bonds. The van der Waals surface area contributed by atoms with Crippen LogP contribution in [-0.2, 0) is 0 Å². The molecule has 114 valence electrons. The molecule has 1 N–H and O–H groups in total. The van der Waals surface area contributed by atoms with Gasteiger partial charge in [-0.3, -0.25) is 0 Å². The van der Waals surface area contributed by atoms with Crippen molar-refractivity contribution >= 4 is 11.8 Å². The third-order valence-corrected chi connectivity index (χ3v) is 7.53. The smallest absolute Gasteiger partial charge is 0.0107 e. The van der Waals surface area contributed by atoms with Crippen molar-refractivity contribution in [2.24, 2.45) is 17.3 Å². The van der Waals surface area contributed by atoms with E-state index < -0.39 is 0 Å². The van der Waals surface area contributed by atoms with Crippen LogP contribution < -0.4 is 5.32 Å². The van der Waals surface area contributed by atoms with Gasteiger partial charge >= 0.3 is 0 Å². The minimum absolute atomic E-state index is 0.599. The lowest BCUT2D eigenvalue weighted by Crippen LogP contribution is -2.40. The number of thioether (sulfide) groups is 1. The van der Waals surface area contributed by atoms with Gasteiger partial charge in [0.05, 0.1) is 0 Å². The van der Waals surface area contributed by atoms with E-state index in [1.165, 1.54) is 44.4 Å². The normalized spacial score (nSPS) is 37.1. The molecule has 21 heavy (non-hydrogen) atoms. The Bertz CT molecular complexity index is 514. The van der Waals surface area contributed by atoms with Crippen LogP contribution in [0.2, 0.25) is 0 Å². The van der Waals surface area contributed by atoms with Gasteiger partial charge in [0.15, 0.2) is 0 Å². The number of hydrogen-bond acceptors (Lipinski definition) is 2. The molecular weight excluding hydrogens is 274 g/mol. The van der Waals surface area contributed by atoms with Gasteiger partial charge < -0.3 is 5.32 Å². The Balaban J connectivity index is 1.56. The zero-order valence-corrected chi connectivity index (χ0v) is 13.9. The Labute approximate surface area is 133 Å². The Hall–Kier alpha value is -0.470. The predicted octanol–water partition coefficient (Wildman–Crippen LogP) is 4.68. The van der Waals surface area contributed by atoms with Gasteiger partial charge in [-0.2, -0.15) is 0 Å². The van der Waals surface area contributed by atoms with E-state index in [1.807, 2.05) is 0 Å². The lowest BCUT2D eigenvalue weighted by Gasteiger charge is -2.40. The summed E-state index contributed by atoms with van der Waals surface area (Å²) in [4.78, 5) is 1.55. The number of nitrogens with one attached hydrogen (secondary N) is 1. The molecule has 4 atom stereocenters. The average molecular weight is 301 g/mol. The van der Waals surface area contributed by atoms with E-state index in [2.05, 4.69) is 48.3 Å². The van der Waals surface area contributed by atoms with E-state index in [4.69, 9.17) is 0 Å². The Morgan fingerprint density at radius 1 is 1.29 bits per heavy atom. The van der Waals surface area contributed by atoms with Crippen LogP contribution in [0, 0.1) is 17.3 Å². The molecule has 1 nitrogen and oxygen atoms in total. The van der Waals surface area contributed by atoms with Gasteiger partial charge in [-0.15, -0.1) is 11.8 Å². The fourth-order valence-electron chi connectivity index (χ4n) is 5.36. The molecule has 1 heterocycles. The molecule has 0 spiro atoms. The summed E-state index contributed by atoms with van der Waals surface area (Å²) < 4.78 is 0. The maximum absolute atomic E-state index is 3.71. The summed E-state index contributed by atoms with van der Waals surface area (Å²) in [7, 11) is 0. The van der Waals surface area contributed by atoms with Crippen molar-refractivity contribution in [2.45, 2.75) is 49.8 Å². The van der Waals surface area contributed by atoms with Crippen LogP contribution in [0.5, 0.6) is 0 Å². The summed E-state index contributed by atoms with van der Waals surface area (Å²) in [5, 5.41) is 3.71. The van der Waals surface area contributed by atoms with Gasteiger partial charge in [0.25, 0.3) is 0 Å². The standard InChI is InChI=1S/C19H27NS/c1-2-20-13-19(10-14-7-8-16(19)9-14)11-15-12-21-18-6-4-3-5-17(15)18/h3-6,14-16,20H,2,7-13H2,1H3. The summed E-state index contributed by atoms with van der Waals surface area (Å²) >= 11 is 2.08. The fraction of sp³-hybridized carbons (Fsp3) is 0.684. The van der Waals surface area contributed by atoms with Gasteiger partial charge in [-0.05, 0) is 67.0 Å². The zero-order valence-electron chi connectivity index (χ0n) is 13.1. The third kappa shape index (κ3) is 2.45. The van der Waals surface area contributed by atoms with E-state index in [0.717, 1.165) is 24.3 Å². The molecule has 2 heteroatoms. The summed E-state index contributed by atoms with van der Waals surface area (Å²) in [5.41, 5.74) is 2.24. The molecule has 2 saturated carbocycles. The van der Waals surface area contributed by atoms with Crippen molar-refractivity contribution in [1.82, 2.24) is 5.32 Å². The summed E-state index contributed by atoms with van der Waals surface area (Å²) in [6.07, 6.45) is 7.44. The maximum Gasteiger partial charge on any atom is 0.0107 e. The van der Waals surface area contributed by atoms with E-state index in [9.17, 15) is 0 Å². The topological polar surface area (TPSA) is 12.0 Å². The van der Waals surface area contributed by atoms with Crippen molar-refractivity contribution in [2.75, 3.05) is 18.8 Å². The minimum atomic E-state index is 0.599. The van der Waals surface area contributed by atoms with Gasteiger partial charge in [0.1, 0.15) is 0 Å². The highest BCUT2D eigenvalue weighted by Crippen LogP contribution is 2.60. The first-order chi connectivity index (χ1) is 10.3. The second-order valence-electron chi connectivity index (χ2n) is 7.47. The first-order valence-electron chi connectivity index (χ1n) is 8.73. The average Bonchev–Trinajstić information content (AvgIpc) is 3.21. The molecule has 2 fully saturated rings. The number of hydrogen-bond donors (Lipinski definition) is 1. The summed E-state index contributed by atoms with van der Waals surface area (Å²) in [6, 6.07) is 9.13. The van der Waals surface area contributed by atoms with Gasteiger partial charge in [0.2, 0.25) is 0 Å². The van der Waals surface area contributed by atoms with Crippen molar-refractivity contribution in [3.05, 3.63) is 29.8 Å². The van der Waals surface area contributed by atoms with Gasteiger partial charge in [-0.25, -0.2) is 0 Å². The van der Waals surface area contributed by atoms with Gasteiger partial charge in [0, 0.05) is 17.2 Å². The van der Waals surface area contributed by atoms with Crippen LogP contribution in [0.4, 0.5) is 0 Å². The fourth-order valence-corrected chi connectivity index (χ4v) is 6.61. The highest BCUT2D eigenvalue weighted by atomic mass is 32.2. The molecule has 1 aliphatic heterocycles. The van der Waals surface area contributed by atoms with Crippen LogP contribution in [0.25, 0.3) is 0 Å². The van der Waals surface area contributed by atoms with Crippen LogP contribution >= 0.6 is 11.8 Å². The lowest BCUT2D eigenvalue weighted by atomic mass is 9.67. The molecule has 4 unspecified atom stereocenters. The first kappa shape index (κ1) is 14.1. The molecule has 0 saturated heterocycles. The summed E-state index contributed by atoms with van der Waals surface area (Å²) in [5.74, 6) is 4.14. The zero-order chi connectivity index (χ0) is 14.3. The van der Waals surface area contributed by atoms with Crippen molar-refractivity contribution < 1.29 is 0 Å². The van der Waals surface area contributed by atoms with Crippen LogP contribution in [0.3, 0.4) is 0 Å². The van der Waals surface area contributed by atoms with E-state index >= 15 is 0 Å². The number of rotatable bonds is 5. The van der Waals surface area contributed by atoms with E-state index in [-0.39, 0.29) is 0 Å². The van der Waals surface area contributed by atoms with Crippen LogP contribution in [-0.4, -0.2) is 18.8 Å². The molecule has 2 bridgehead atoms. The highest BCUT2D eigenvalue weighted by molar-refractivity contribution is 7.99. The lowest BCUT2D eigenvalue weighted by molar-refractivity contribution is 0.135. The van der Waals surface area contributed by atoms with Crippen molar-refractivity contribution in [3.63, 3.8) is 0 Å². The Morgan fingerprint density at radius 2 is 2.19 bits per heavy atom. The molecule has 3 aliphatic rings. The van der Waals surface area contributed by atoms with Crippen molar-refractivity contribution in [3.8, 4) is 0 Å². The molecule has 4 rings (SSSR count). The molecule has 0 radical (unpaired) electrons. The molecule has 1 aromatic rings. The van der Waals surface area contributed by atoms with Crippen LogP contribution in [0.1, 0.15) is 50.5 Å². The molecular formula is C19H27NS. The van der Waals surface area contributed by atoms with Crippen molar-refractivity contribution in [1.29, 1.82) is 0 Å². The molecule has 1 aromatic carbocycles. The highest BCUT2D eigenvalue weighted by Gasteiger charge is 2.51. The Kier molecular flexibility index (Phi) is 3.79. The van der Waals surface area contributed by atoms with Crippen LogP contribution in [0.15, 0.2) is 29.2 Å². The summed E-state index contributed by atoms with van der Waals surface area (Å²) in [6.45, 7) is 4.63. The first-order valence-corrected chi connectivity index (χ1v) is 9.72. The molecule has 2 aliphatic carbocycles. The van der Waals surface area contributed by atoms with E-state index in [0.29, 0.717) is 5.41 Å².